The molecule has 2 heterocycles. The zero-order valence-corrected chi connectivity index (χ0v) is 20.0. The summed E-state index contributed by atoms with van der Waals surface area (Å²) in [5, 5.41) is 6.74. The summed E-state index contributed by atoms with van der Waals surface area (Å²) < 4.78 is 11.1. The van der Waals surface area contributed by atoms with Crippen LogP contribution in [0, 0.1) is 0 Å². The van der Waals surface area contributed by atoms with Gasteiger partial charge in [0.2, 0.25) is 0 Å². The highest BCUT2D eigenvalue weighted by Gasteiger charge is 2.15. The van der Waals surface area contributed by atoms with E-state index in [0.29, 0.717) is 0 Å². The molecule has 0 radical (unpaired) electrons. The van der Waals surface area contributed by atoms with Gasteiger partial charge in [0, 0.05) is 39.9 Å². The van der Waals surface area contributed by atoms with E-state index in [9.17, 15) is 0 Å². The van der Waals surface area contributed by atoms with Crippen LogP contribution in [0.15, 0.2) is 29.3 Å². The van der Waals surface area contributed by atoms with Gasteiger partial charge in [-0.15, -0.1) is 24.0 Å². The minimum atomic E-state index is 0. The van der Waals surface area contributed by atoms with Crippen LogP contribution in [0.5, 0.6) is 0 Å². The molecule has 6 nitrogen and oxygen atoms in total. The number of likely N-dealkylation sites (tertiary alicyclic amines) is 1. The third-order valence-electron chi connectivity index (χ3n) is 5.42. The molecule has 0 bridgehead atoms. The Morgan fingerprint density at radius 3 is 2.59 bits per heavy atom. The molecule has 2 saturated heterocycles. The number of nitrogens with one attached hydrogen (secondary N) is 2. The Labute approximate surface area is 192 Å². The molecule has 1 aromatic rings. The molecule has 0 saturated carbocycles. The van der Waals surface area contributed by atoms with Crippen molar-refractivity contribution in [3.8, 4) is 0 Å². The molecule has 2 aliphatic rings. The summed E-state index contributed by atoms with van der Waals surface area (Å²) in [6, 6.07) is 8.95. The first-order valence-electron chi connectivity index (χ1n) is 10.8. The van der Waals surface area contributed by atoms with Crippen molar-refractivity contribution >= 4 is 29.9 Å². The highest BCUT2D eigenvalue weighted by Crippen LogP contribution is 2.13. The maximum Gasteiger partial charge on any atom is 0.191 e. The minimum Gasteiger partial charge on any atom is -0.379 e. The smallest absolute Gasteiger partial charge is 0.191 e. The maximum absolute atomic E-state index is 5.78. The third-order valence-corrected chi connectivity index (χ3v) is 5.42. The number of hydrogen-bond acceptors (Lipinski definition) is 4. The Kier molecular flexibility index (Phi) is 11.9. The largest absolute Gasteiger partial charge is 0.379 e. The maximum atomic E-state index is 5.78. The molecule has 29 heavy (non-hydrogen) atoms. The summed E-state index contributed by atoms with van der Waals surface area (Å²) in [6.45, 7) is 7.52. The van der Waals surface area contributed by atoms with E-state index in [2.05, 4.69) is 44.8 Å². The van der Waals surface area contributed by atoms with Crippen LogP contribution in [-0.2, 0) is 22.6 Å². The first kappa shape index (κ1) is 24.4. The Balaban J connectivity index is 0.00000300. The van der Waals surface area contributed by atoms with Gasteiger partial charge in [-0.2, -0.15) is 0 Å². The van der Waals surface area contributed by atoms with E-state index in [1.54, 1.807) is 0 Å². The van der Waals surface area contributed by atoms with E-state index in [-0.39, 0.29) is 30.1 Å². The van der Waals surface area contributed by atoms with Gasteiger partial charge >= 0.3 is 0 Å². The summed E-state index contributed by atoms with van der Waals surface area (Å²) >= 11 is 0. The second-order valence-corrected chi connectivity index (χ2v) is 7.72. The van der Waals surface area contributed by atoms with Crippen LogP contribution in [-0.4, -0.2) is 63.5 Å². The second-order valence-electron chi connectivity index (χ2n) is 7.72. The molecule has 2 aliphatic heterocycles. The Morgan fingerprint density at radius 1 is 1.14 bits per heavy atom. The fourth-order valence-corrected chi connectivity index (χ4v) is 3.72. The molecule has 1 atom stereocenters. The predicted molar refractivity (Wildman–Crippen MR) is 129 cm³/mol. The number of aliphatic imine (C=N–C) groups is 1. The topological polar surface area (TPSA) is 58.1 Å². The lowest BCUT2D eigenvalue weighted by molar-refractivity contribution is 0.0420. The Morgan fingerprint density at radius 2 is 1.90 bits per heavy atom. The highest BCUT2D eigenvalue weighted by atomic mass is 127. The summed E-state index contributed by atoms with van der Waals surface area (Å²) in [5.74, 6) is 0.835. The van der Waals surface area contributed by atoms with E-state index >= 15 is 0 Å². The number of benzene rings is 1. The average Bonchev–Trinajstić information content (AvgIpc) is 3.25. The molecule has 0 aromatic heterocycles. The SMILES string of the molecule is CN=C(NCCCOC1CCOC1)NCc1ccc(CN2CCCCC2)cc1.I. The lowest BCUT2D eigenvalue weighted by Gasteiger charge is -2.26. The number of guanidine groups is 1. The lowest BCUT2D eigenvalue weighted by atomic mass is 10.1. The summed E-state index contributed by atoms with van der Waals surface area (Å²) in [4.78, 5) is 6.86. The first-order chi connectivity index (χ1) is 13.8. The molecular formula is C22H37IN4O2. The van der Waals surface area contributed by atoms with Crippen molar-refractivity contribution in [1.82, 2.24) is 15.5 Å². The third kappa shape index (κ3) is 9.19. The molecule has 164 valence electrons. The fraction of sp³-hybridized carbons (Fsp3) is 0.682. The van der Waals surface area contributed by atoms with Crippen molar-refractivity contribution in [2.24, 2.45) is 4.99 Å². The number of rotatable bonds is 9. The number of piperidine rings is 1. The number of halogens is 1. The quantitative estimate of drug-likeness (QED) is 0.229. The molecule has 3 rings (SSSR count). The van der Waals surface area contributed by atoms with Crippen LogP contribution in [0.25, 0.3) is 0 Å². The van der Waals surface area contributed by atoms with E-state index in [1.807, 2.05) is 7.05 Å². The standard InChI is InChI=1S/C22H36N4O2.HI/c1-23-22(24-11-5-14-28-21-10-15-27-18-21)25-16-19-6-8-20(9-7-19)17-26-12-3-2-4-13-26;/h6-9,21H,2-5,10-18H2,1H3,(H2,23,24,25);1H. The van der Waals surface area contributed by atoms with E-state index in [4.69, 9.17) is 9.47 Å². The molecule has 7 heteroatoms. The molecule has 0 spiro atoms. The molecule has 2 N–H and O–H groups in total. The van der Waals surface area contributed by atoms with Gasteiger partial charge in [0.15, 0.2) is 5.96 Å². The summed E-state index contributed by atoms with van der Waals surface area (Å²) in [7, 11) is 1.81. The monoisotopic (exact) mass is 516 g/mol. The van der Waals surface area contributed by atoms with Gasteiger partial charge in [0.05, 0.1) is 12.7 Å². The van der Waals surface area contributed by atoms with Crippen LogP contribution >= 0.6 is 24.0 Å². The molecule has 0 aliphatic carbocycles. The average molecular weight is 516 g/mol. The van der Waals surface area contributed by atoms with E-state index < -0.39 is 0 Å². The predicted octanol–water partition coefficient (Wildman–Crippen LogP) is 3.15. The summed E-state index contributed by atoms with van der Waals surface area (Å²) in [6.07, 6.45) is 6.34. The van der Waals surface area contributed by atoms with Crippen LogP contribution in [0.3, 0.4) is 0 Å². The first-order valence-corrected chi connectivity index (χ1v) is 10.8. The molecule has 2 fully saturated rings. The number of nitrogens with zero attached hydrogens (tertiary/aromatic N) is 2. The van der Waals surface area contributed by atoms with Crippen molar-refractivity contribution in [3.05, 3.63) is 35.4 Å². The van der Waals surface area contributed by atoms with Crippen LogP contribution in [0.2, 0.25) is 0 Å². The lowest BCUT2D eigenvalue weighted by Crippen LogP contribution is -2.37. The van der Waals surface area contributed by atoms with Crippen LogP contribution in [0.4, 0.5) is 0 Å². The Bertz CT molecular complexity index is 585. The zero-order valence-electron chi connectivity index (χ0n) is 17.7. The van der Waals surface area contributed by atoms with Gasteiger partial charge in [-0.1, -0.05) is 30.7 Å². The number of hydrogen-bond donors (Lipinski definition) is 2. The van der Waals surface area contributed by atoms with Gasteiger partial charge in [-0.3, -0.25) is 9.89 Å². The van der Waals surface area contributed by atoms with Gasteiger partial charge < -0.3 is 20.1 Å². The van der Waals surface area contributed by atoms with Gasteiger partial charge in [0.25, 0.3) is 0 Å². The fourth-order valence-electron chi connectivity index (χ4n) is 3.72. The molecule has 1 unspecified atom stereocenters. The van der Waals surface area contributed by atoms with E-state index in [0.717, 1.165) is 58.3 Å². The van der Waals surface area contributed by atoms with E-state index in [1.165, 1.54) is 43.5 Å². The van der Waals surface area contributed by atoms with Crippen molar-refractivity contribution < 1.29 is 9.47 Å². The molecule has 0 amide bonds. The van der Waals surface area contributed by atoms with Gasteiger partial charge in [0.1, 0.15) is 0 Å². The minimum absolute atomic E-state index is 0. The van der Waals surface area contributed by atoms with Crippen molar-refractivity contribution in [1.29, 1.82) is 0 Å². The van der Waals surface area contributed by atoms with Gasteiger partial charge in [-0.05, 0) is 49.9 Å². The molecular weight excluding hydrogens is 479 g/mol. The van der Waals surface area contributed by atoms with Crippen molar-refractivity contribution in [3.63, 3.8) is 0 Å². The van der Waals surface area contributed by atoms with Crippen molar-refractivity contribution in [2.75, 3.05) is 46.5 Å². The van der Waals surface area contributed by atoms with Crippen LogP contribution in [0.1, 0.15) is 43.2 Å². The zero-order chi connectivity index (χ0) is 19.4. The summed E-state index contributed by atoms with van der Waals surface area (Å²) in [5.41, 5.74) is 2.68. The highest BCUT2D eigenvalue weighted by molar-refractivity contribution is 14.0. The van der Waals surface area contributed by atoms with Crippen molar-refractivity contribution in [2.45, 2.75) is 51.3 Å². The van der Waals surface area contributed by atoms with Crippen LogP contribution < -0.4 is 10.6 Å². The normalized spacial score (nSPS) is 20.3. The number of ether oxygens (including phenoxy) is 2. The van der Waals surface area contributed by atoms with Gasteiger partial charge in [-0.25, -0.2) is 0 Å². The Hall–Kier alpha value is -0.900. The second kappa shape index (κ2) is 14.2. The molecule has 1 aromatic carbocycles.